The molecule has 46 heavy (non-hydrogen) atoms. The Balaban J connectivity index is 1.32. The quantitative estimate of drug-likeness (QED) is 0.136. The highest BCUT2D eigenvalue weighted by atomic mass is 35.5. The molecule has 234 valence electrons. The lowest BCUT2D eigenvalue weighted by Gasteiger charge is -2.26. The average molecular weight is 661 g/mol. The fourth-order valence-corrected chi connectivity index (χ4v) is 4.91. The predicted octanol–water partition coefficient (Wildman–Crippen LogP) is 6.66. The molecule has 0 bridgehead atoms. The first kappa shape index (κ1) is 32.1. The van der Waals surface area contributed by atoms with E-state index in [2.05, 4.69) is 10.6 Å². The van der Waals surface area contributed by atoms with Crippen LogP contribution in [0.5, 0.6) is 17.2 Å². The summed E-state index contributed by atoms with van der Waals surface area (Å²) >= 11 is 12.6. The fourth-order valence-electron chi connectivity index (χ4n) is 4.45. The number of nitrogens with zero attached hydrogens (tertiary/aromatic N) is 1. The van der Waals surface area contributed by atoms with Gasteiger partial charge in [-0.05, 0) is 72.7 Å². The molecule has 1 heterocycles. The van der Waals surface area contributed by atoms with Crippen molar-refractivity contribution < 1.29 is 33.4 Å². The molecule has 5 amide bonds. The summed E-state index contributed by atoms with van der Waals surface area (Å²) in [6.07, 6.45) is 1.29. The van der Waals surface area contributed by atoms with Crippen LogP contribution in [0.25, 0.3) is 6.08 Å². The van der Waals surface area contributed by atoms with Gasteiger partial charge < -0.3 is 19.5 Å². The molecule has 0 atom stereocenters. The standard InChI is InChI=1S/C34H27Cl2N3O7/c1-2-44-29-18-22(17-27(36)31(29)46-20-30(40)37-28-11-7-6-10-26(28)35)16-25-32(41)38-34(43)39(33(25)42)23-12-14-24(15-13-23)45-19-21-8-4-3-5-9-21/h3-18H,2,19-20H2,1H3,(H,37,40)(H,38,41,43)/b25-16-. The number of benzene rings is 4. The van der Waals surface area contributed by atoms with Gasteiger partial charge in [-0.15, -0.1) is 0 Å². The van der Waals surface area contributed by atoms with Gasteiger partial charge in [0, 0.05) is 0 Å². The van der Waals surface area contributed by atoms with Gasteiger partial charge in [0.05, 0.1) is 28.0 Å². The van der Waals surface area contributed by atoms with E-state index in [0.717, 1.165) is 10.5 Å². The fraction of sp³-hybridized carbons (Fsp3) is 0.118. The van der Waals surface area contributed by atoms with Gasteiger partial charge in [0.2, 0.25) is 0 Å². The molecule has 4 aromatic rings. The summed E-state index contributed by atoms with van der Waals surface area (Å²) in [5.74, 6) is -1.40. The first-order chi connectivity index (χ1) is 22.2. The number of imide groups is 2. The van der Waals surface area contributed by atoms with Gasteiger partial charge in [0.25, 0.3) is 17.7 Å². The third-order valence-electron chi connectivity index (χ3n) is 6.58. The summed E-state index contributed by atoms with van der Waals surface area (Å²) in [5, 5.41) is 5.28. The molecule has 1 saturated heterocycles. The van der Waals surface area contributed by atoms with Crippen LogP contribution < -0.4 is 29.7 Å². The Bertz CT molecular complexity index is 1810. The van der Waals surface area contributed by atoms with Crippen LogP contribution in [0.3, 0.4) is 0 Å². The summed E-state index contributed by atoms with van der Waals surface area (Å²) < 4.78 is 17.2. The van der Waals surface area contributed by atoms with Crippen molar-refractivity contribution in [2.24, 2.45) is 0 Å². The van der Waals surface area contributed by atoms with E-state index in [1.165, 1.54) is 18.2 Å². The maximum absolute atomic E-state index is 13.5. The zero-order chi connectivity index (χ0) is 32.6. The molecule has 1 aliphatic heterocycles. The molecule has 1 aliphatic rings. The van der Waals surface area contributed by atoms with Crippen molar-refractivity contribution in [1.29, 1.82) is 0 Å². The van der Waals surface area contributed by atoms with Crippen molar-refractivity contribution in [3.8, 4) is 17.2 Å². The Labute approximate surface area is 274 Å². The van der Waals surface area contributed by atoms with Crippen LogP contribution in [-0.4, -0.2) is 37.0 Å². The Morgan fingerprint density at radius 3 is 2.30 bits per heavy atom. The lowest BCUT2D eigenvalue weighted by atomic mass is 10.1. The molecule has 5 rings (SSSR count). The first-order valence-corrected chi connectivity index (χ1v) is 14.8. The number of carbonyl (C=O) groups is 4. The Hall–Kier alpha value is -5.32. The van der Waals surface area contributed by atoms with Crippen molar-refractivity contribution in [2.75, 3.05) is 23.4 Å². The highest BCUT2D eigenvalue weighted by Gasteiger charge is 2.37. The smallest absolute Gasteiger partial charge is 0.335 e. The van der Waals surface area contributed by atoms with Crippen molar-refractivity contribution in [3.63, 3.8) is 0 Å². The third kappa shape index (κ3) is 7.66. The molecule has 0 aromatic heterocycles. The minimum atomic E-state index is -0.892. The first-order valence-electron chi connectivity index (χ1n) is 14.0. The highest BCUT2D eigenvalue weighted by Crippen LogP contribution is 2.38. The number of anilines is 2. The maximum Gasteiger partial charge on any atom is 0.335 e. The summed E-state index contributed by atoms with van der Waals surface area (Å²) in [6, 6.07) is 24.7. The van der Waals surface area contributed by atoms with Gasteiger partial charge in [0.1, 0.15) is 17.9 Å². The minimum Gasteiger partial charge on any atom is -0.490 e. The summed E-state index contributed by atoms with van der Waals surface area (Å²) in [6.45, 7) is 1.91. The average Bonchev–Trinajstić information content (AvgIpc) is 3.04. The van der Waals surface area contributed by atoms with E-state index in [4.69, 9.17) is 37.4 Å². The zero-order valence-corrected chi connectivity index (χ0v) is 25.9. The molecule has 10 nitrogen and oxygen atoms in total. The monoisotopic (exact) mass is 659 g/mol. The topological polar surface area (TPSA) is 123 Å². The number of amides is 5. The number of nitrogens with one attached hydrogen (secondary N) is 2. The van der Waals surface area contributed by atoms with Crippen LogP contribution in [-0.2, 0) is 21.0 Å². The van der Waals surface area contributed by atoms with Crippen LogP contribution in [0, 0.1) is 0 Å². The Kier molecular flexibility index (Phi) is 10.2. The molecule has 0 saturated carbocycles. The molecule has 2 N–H and O–H groups in total. The largest absolute Gasteiger partial charge is 0.490 e. The normalized spacial score (nSPS) is 13.8. The number of hydrogen-bond donors (Lipinski definition) is 2. The van der Waals surface area contributed by atoms with E-state index in [1.54, 1.807) is 55.5 Å². The van der Waals surface area contributed by atoms with Crippen LogP contribution in [0.4, 0.5) is 16.2 Å². The number of carbonyl (C=O) groups excluding carboxylic acids is 4. The van der Waals surface area contributed by atoms with Crippen molar-refractivity contribution >= 4 is 64.4 Å². The van der Waals surface area contributed by atoms with E-state index in [9.17, 15) is 19.2 Å². The van der Waals surface area contributed by atoms with Crippen molar-refractivity contribution in [1.82, 2.24) is 5.32 Å². The number of barbiturate groups is 1. The highest BCUT2D eigenvalue weighted by molar-refractivity contribution is 6.39. The number of hydrogen-bond acceptors (Lipinski definition) is 7. The second-order valence-electron chi connectivity index (χ2n) is 9.81. The van der Waals surface area contributed by atoms with E-state index < -0.39 is 30.4 Å². The SMILES string of the molecule is CCOc1cc(/C=C2/C(=O)NC(=O)N(c3ccc(OCc4ccccc4)cc3)C2=O)cc(Cl)c1OCC(=O)Nc1ccccc1Cl. The van der Waals surface area contributed by atoms with E-state index >= 15 is 0 Å². The molecule has 0 radical (unpaired) electrons. The van der Waals surface area contributed by atoms with Crippen LogP contribution in [0.1, 0.15) is 18.1 Å². The molecule has 12 heteroatoms. The van der Waals surface area contributed by atoms with Crippen molar-refractivity contribution in [2.45, 2.75) is 13.5 Å². The number of ether oxygens (including phenoxy) is 3. The number of halogens is 2. The van der Waals surface area contributed by atoms with Gasteiger partial charge in [0.15, 0.2) is 18.1 Å². The third-order valence-corrected chi connectivity index (χ3v) is 7.19. The number of rotatable bonds is 11. The van der Waals surface area contributed by atoms with Crippen LogP contribution in [0.15, 0.2) is 96.6 Å². The number of para-hydroxylation sites is 1. The molecule has 4 aromatic carbocycles. The van der Waals surface area contributed by atoms with Gasteiger partial charge in [-0.2, -0.15) is 0 Å². The van der Waals surface area contributed by atoms with Gasteiger partial charge >= 0.3 is 6.03 Å². The second-order valence-corrected chi connectivity index (χ2v) is 10.6. The molecular formula is C34H27Cl2N3O7. The predicted molar refractivity (Wildman–Crippen MR) is 174 cm³/mol. The van der Waals surface area contributed by atoms with Crippen LogP contribution >= 0.6 is 23.2 Å². The molecule has 1 fully saturated rings. The van der Waals surface area contributed by atoms with E-state index in [0.29, 0.717) is 28.6 Å². The lowest BCUT2D eigenvalue weighted by Crippen LogP contribution is -2.54. The van der Waals surface area contributed by atoms with E-state index in [-0.39, 0.29) is 34.4 Å². The molecule has 0 aliphatic carbocycles. The molecule has 0 unspecified atom stereocenters. The van der Waals surface area contributed by atoms with Gasteiger partial charge in [-0.25, -0.2) is 9.69 Å². The van der Waals surface area contributed by atoms with Crippen LogP contribution in [0.2, 0.25) is 10.0 Å². The summed E-state index contributed by atoms with van der Waals surface area (Å²) in [4.78, 5) is 52.3. The summed E-state index contributed by atoms with van der Waals surface area (Å²) in [7, 11) is 0. The van der Waals surface area contributed by atoms with Gasteiger partial charge in [-0.3, -0.25) is 19.7 Å². The molecular weight excluding hydrogens is 633 g/mol. The summed E-state index contributed by atoms with van der Waals surface area (Å²) in [5.41, 5.74) is 1.65. The number of urea groups is 1. The van der Waals surface area contributed by atoms with E-state index in [1.807, 2.05) is 30.3 Å². The molecule has 0 spiro atoms. The minimum absolute atomic E-state index is 0.0611. The zero-order valence-electron chi connectivity index (χ0n) is 24.4. The Morgan fingerprint density at radius 2 is 1.59 bits per heavy atom. The van der Waals surface area contributed by atoms with Gasteiger partial charge in [-0.1, -0.05) is 65.7 Å². The maximum atomic E-state index is 13.5. The lowest BCUT2D eigenvalue weighted by molar-refractivity contribution is -0.122. The Morgan fingerprint density at radius 1 is 0.870 bits per heavy atom. The second kappa shape index (κ2) is 14.6. The van der Waals surface area contributed by atoms with Crippen molar-refractivity contribution in [3.05, 3.63) is 118 Å².